The summed E-state index contributed by atoms with van der Waals surface area (Å²) in [6, 6.07) is 92.2. The lowest BCUT2D eigenvalue weighted by Gasteiger charge is -2.15. The number of hydrogen-bond acceptors (Lipinski definition) is 4. The van der Waals surface area contributed by atoms with E-state index in [0.29, 0.717) is 23.2 Å². The Morgan fingerprint density at radius 1 is 0.293 bits per heavy atom. The third kappa shape index (κ3) is 6.99. The van der Waals surface area contributed by atoms with Crippen molar-refractivity contribution in [3.05, 3.63) is 261 Å². The van der Waals surface area contributed by atoms with Crippen molar-refractivity contribution in [1.29, 1.82) is 0 Å². The average molecular weight is 958 g/mol. The van der Waals surface area contributed by atoms with Gasteiger partial charge in [0, 0.05) is 43.6 Å². The molecule has 6 heteroatoms. The van der Waals surface area contributed by atoms with E-state index in [2.05, 4.69) is 264 Å². The first kappa shape index (κ1) is 42.5. The highest BCUT2D eigenvalue weighted by Crippen LogP contribution is 2.44. The highest BCUT2D eigenvalue weighted by Gasteiger charge is 2.25. The Balaban J connectivity index is 1.04. The Hall–Kier alpha value is -10.2. The van der Waals surface area contributed by atoms with Gasteiger partial charge in [0.15, 0.2) is 11.6 Å². The molecule has 0 unspecified atom stereocenters. The van der Waals surface area contributed by atoms with Crippen molar-refractivity contribution < 1.29 is 4.42 Å². The molecule has 0 atom stereocenters. The van der Waals surface area contributed by atoms with Crippen LogP contribution in [-0.4, -0.2) is 24.1 Å². The van der Waals surface area contributed by atoms with Gasteiger partial charge in [-0.1, -0.05) is 206 Å². The molecule has 4 aromatic heterocycles. The normalized spacial score (nSPS) is 11.7. The van der Waals surface area contributed by atoms with Gasteiger partial charge in [-0.05, 0) is 99.1 Å². The molecule has 350 valence electrons. The van der Waals surface area contributed by atoms with Crippen LogP contribution in [0.3, 0.4) is 0 Å². The fourth-order valence-corrected chi connectivity index (χ4v) is 11.4. The molecular weight excluding hydrogens is 915 g/mol. The summed E-state index contributed by atoms with van der Waals surface area (Å²) in [7, 11) is 0. The monoisotopic (exact) mass is 957 g/mol. The number of nitrogens with zero attached hydrogens (tertiary/aromatic N) is 5. The number of benzene rings is 11. The molecule has 11 aromatic carbocycles. The Bertz CT molecular complexity index is 4620. The fraction of sp³-hybridized carbons (Fsp3) is 0. The Labute approximate surface area is 431 Å². The Morgan fingerprint density at radius 3 is 1.39 bits per heavy atom. The van der Waals surface area contributed by atoms with Crippen molar-refractivity contribution in [3.63, 3.8) is 0 Å². The second-order valence-corrected chi connectivity index (χ2v) is 19.1. The van der Waals surface area contributed by atoms with E-state index in [9.17, 15) is 0 Å². The van der Waals surface area contributed by atoms with Gasteiger partial charge >= 0.3 is 0 Å². The van der Waals surface area contributed by atoms with Gasteiger partial charge in [-0.15, -0.1) is 0 Å². The molecule has 4 heterocycles. The predicted octanol–water partition coefficient (Wildman–Crippen LogP) is 18.0. The largest absolute Gasteiger partial charge is 0.455 e. The highest BCUT2D eigenvalue weighted by atomic mass is 16.3. The van der Waals surface area contributed by atoms with Crippen LogP contribution in [0.1, 0.15) is 0 Å². The number of hydrogen-bond donors (Lipinski definition) is 0. The lowest BCUT2D eigenvalue weighted by molar-refractivity contribution is 0.669. The van der Waals surface area contributed by atoms with E-state index in [1.54, 1.807) is 0 Å². The molecule has 0 saturated carbocycles. The second kappa shape index (κ2) is 17.3. The van der Waals surface area contributed by atoms with Gasteiger partial charge in [0.25, 0.3) is 0 Å². The third-order valence-corrected chi connectivity index (χ3v) is 14.8. The van der Waals surface area contributed by atoms with Crippen LogP contribution < -0.4 is 0 Å². The maximum Gasteiger partial charge on any atom is 0.238 e. The van der Waals surface area contributed by atoms with Gasteiger partial charge in [-0.2, -0.15) is 9.97 Å². The van der Waals surface area contributed by atoms with E-state index in [-0.39, 0.29) is 0 Å². The zero-order chi connectivity index (χ0) is 49.4. The van der Waals surface area contributed by atoms with Gasteiger partial charge < -0.3 is 8.98 Å². The molecular formula is C69H43N5O. The van der Waals surface area contributed by atoms with E-state index >= 15 is 0 Å². The van der Waals surface area contributed by atoms with Gasteiger partial charge in [-0.3, -0.25) is 4.57 Å². The molecule has 0 fully saturated rings. The molecule has 0 bridgehead atoms. The van der Waals surface area contributed by atoms with E-state index in [1.807, 2.05) is 6.07 Å². The standard InChI is InChI=1S/C69H43N5O/c1-5-19-44(20-6-1)47-35-37-52(38-36-47)73-60-32-15-13-27-54(60)56-39-40-57-55-28-14-16-33-61(55)74(65(57)64(56)73)69-71-67(51-42-49(45-21-7-2-8-22-45)41-50(43-51)46-23-9-3-10-24-46)70-68(72-69)59-31-17-30-58-63-53(48-25-11-4-12-26-48)29-18-34-62(63)75-66(58)59/h1-43H. The fourth-order valence-electron chi connectivity index (χ4n) is 11.4. The summed E-state index contributed by atoms with van der Waals surface area (Å²) >= 11 is 0. The Morgan fingerprint density at radius 2 is 0.760 bits per heavy atom. The molecule has 0 radical (unpaired) electrons. The summed E-state index contributed by atoms with van der Waals surface area (Å²) < 4.78 is 11.6. The Kier molecular flexibility index (Phi) is 9.78. The zero-order valence-corrected chi connectivity index (χ0v) is 40.5. The summed E-state index contributed by atoms with van der Waals surface area (Å²) in [6.45, 7) is 0. The molecule has 6 nitrogen and oxygen atoms in total. The smallest absolute Gasteiger partial charge is 0.238 e. The maximum atomic E-state index is 6.95. The van der Waals surface area contributed by atoms with Crippen molar-refractivity contribution >= 4 is 65.6 Å². The van der Waals surface area contributed by atoms with Crippen LogP contribution in [0.15, 0.2) is 265 Å². The maximum absolute atomic E-state index is 6.95. The number of furan rings is 1. The van der Waals surface area contributed by atoms with E-state index in [4.69, 9.17) is 19.4 Å². The molecule has 0 aliphatic heterocycles. The quantitative estimate of drug-likeness (QED) is 0.152. The van der Waals surface area contributed by atoms with Crippen LogP contribution in [0, 0.1) is 0 Å². The summed E-state index contributed by atoms with van der Waals surface area (Å²) in [6.07, 6.45) is 0. The molecule has 0 spiro atoms. The topological polar surface area (TPSA) is 61.7 Å². The molecule has 0 saturated heterocycles. The minimum Gasteiger partial charge on any atom is -0.455 e. The van der Waals surface area contributed by atoms with Crippen LogP contribution in [0.25, 0.3) is 144 Å². The minimum absolute atomic E-state index is 0.495. The summed E-state index contributed by atoms with van der Waals surface area (Å²) in [5, 5.41) is 6.52. The van der Waals surface area contributed by atoms with E-state index < -0.39 is 0 Å². The molecule has 0 amide bonds. The van der Waals surface area contributed by atoms with Crippen LogP contribution in [0.5, 0.6) is 0 Å². The van der Waals surface area contributed by atoms with Crippen molar-refractivity contribution in [3.8, 4) is 78.9 Å². The first-order valence-electron chi connectivity index (χ1n) is 25.3. The molecule has 0 aliphatic rings. The third-order valence-electron chi connectivity index (χ3n) is 14.8. The van der Waals surface area contributed by atoms with Crippen LogP contribution in [-0.2, 0) is 0 Å². The predicted molar refractivity (Wildman–Crippen MR) is 308 cm³/mol. The van der Waals surface area contributed by atoms with Crippen LogP contribution >= 0.6 is 0 Å². The van der Waals surface area contributed by atoms with Gasteiger partial charge in [0.05, 0.1) is 27.6 Å². The van der Waals surface area contributed by atoms with Crippen molar-refractivity contribution in [2.45, 2.75) is 0 Å². The van der Waals surface area contributed by atoms with E-state index in [1.165, 1.54) is 5.56 Å². The number of aromatic nitrogens is 5. The zero-order valence-electron chi connectivity index (χ0n) is 40.5. The molecule has 75 heavy (non-hydrogen) atoms. The summed E-state index contributed by atoms with van der Waals surface area (Å²) in [5.74, 6) is 1.54. The van der Waals surface area contributed by atoms with E-state index in [0.717, 1.165) is 116 Å². The lowest BCUT2D eigenvalue weighted by Crippen LogP contribution is -2.07. The van der Waals surface area contributed by atoms with Crippen LogP contribution in [0.2, 0.25) is 0 Å². The number of para-hydroxylation sites is 3. The first-order valence-corrected chi connectivity index (χ1v) is 25.3. The first-order chi connectivity index (χ1) is 37.2. The summed E-state index contributed by atoms with van der Waals surface area (Å²) in [5.41, 5.74) is 17.2. The molecule has 15 rings (SSSR count). The van der Waals surface area contributed by atoms with Crippen molar-refractivity contribution in [2.24, 2.45) is 0 Å². The van der Waals surface area contributed by atoms with Crippen molar-refractivity contribution in [1.82, 2.24) is 24.1 Å². The molecule has 0 N–H and O–H groups in total. The van der Waals surface area contributed by atoms with Gasteiger partial charge in [-0.25, -0.2) is 4.98 Å². The minimum atomic E-state index is 0.495. The van der Waals surface area contributed by atoms with Gasteiger partial charge in [0.1, 0.15) is 11.2 Å². The van der Waals surface area contributed by atoms with Crippen molar-refractivity contribution in [2.75, 3.05) is 0 Å². The molecule has 0 aliphatic carbocycles. The summed E-state index contributed by atoms with van der Waals surface area (Å²) in [4.78, 5) is 16.8. The lowest BCUT2D eigenvalue weighted by atomic mass is 9.96. The van der Waals surface area contributed by atoms with Crippen LogP contribution in [0.4, 0.5) is 0 Å². The SMILES string of the molecule is c1ccc(-c2ccc(-n3c4ccccc4c4ccc5c6ccccc6n(-c6nc(-c7cc(-c8ccccc8)cc(-c8ccccc8)c7)nc(-c7cccc8c7oc7cccc(-c9ccccc9)c78)n6)c5c43)cc2)cc1. The molecule has 15 aromatic rings. The second-order valence-electron chi connectivity index (χ2n) is 19.1. The number of fused-ring (bicyclic) bond motifs is 10. The highest BCUT2D eigenvalue weighted by molar-refractivity contribution is 6.24. The number of rotatable bonds is 8. The average Bonchev–Trinajstić information content (AvgIpc) is 4.27. The van der Waals surface area contributed by atoms with Gasteiger partial charge in [0.2, 0.25) is 5.95 Å².